The Morgan fingerprint density at radius 3 is 2.17 bits per heavy atom. The lowest BCUT2D eigenvalue weighted by Crippen LogP contribution is -2.45. The molecule has 0 bridgehead atoms. The van der Waals surface area contributed by atoms with E-state index in [1.54, 1.807) is 12.1 Å². The second-order valence-electron chi connectivity index (χ2n) is 5.34. The summed E-state index contributed by atoms with van der Waals surface area (Å²) in [6, 6.07) is 7.82. The van der Waals surface area contributed by atoms with Crippen LogP contribution in [0.5, 0.6) is 0 Å². The normalized spacial score (nSPS) is 23.8. The highest BCUT2D eigenvalue weighted by Crippen LogP contribution is 2.37. The van der Waals surface area contributed by atoms with Gasteiger partial charge in [-0.05, 0) is 30.7 Å². The Balaban J connectivity index is 2.09. The monoisotopic (exact) mass is 323 g/mol. The van der Waals surface area contributed by atoms with E-state index in [1.807, 2.05) is 6.92 Å². The highest BCUT2D eigenvalue weighted by molar-refractivity contribution is 5.64. The van der Waals surface area contributed by atoms with E-state index in [4.69, 9.17) is 0 Å². The molecule has 7 heteroatoms. The van der Waals surface area contributed by atoms with Crippen molar-refractivity contribution in [2.45, 2.75) is 24.7 Å². The van der Waals surface area contributed by atoms with Crippen LogP contribution in [0, 0.1) is 5.82 Å². The number of nitrogens with zero attached hydrogens (tertiary/aromatic N) is 2. The fraction of sp³-hybridized carbons (Fsp3) is 0.250. The van der Waals surface area contributed by atoms with Gasteiger partial charge in [0.1, 0.15) is 17.1 Å². The first kappa shape index (κ1) is 15.5. The molecule has 3 nitrogen and oxygen atoms in total. The molecule has 0 spiro atoms. The van der Waals surface area contributed by atoms with Crippen molar-refractivity contribution in [3.8, 4) is 0 Å². The quantitative estimate of drug-likeness (QED) is 0.859. The van der Waals surface area contributed by atoms with Crippen LogP contribution in [-0.4, -0.2) is 17.4 Å². The van der Waals surface area contributed by atoms with Crippen molar-refractivity contribution in [2.24, 2.45) is 4.99 Å². The third-order valence-electron chi connectivity index (χ3n) is 4.03. The third kappa shape index (κ3) is 2.56. The van der Waals surface area contributed by atoms with Crippen LogP contribution in [0.1, 0.15) is 23.7 Å². The highest BCUT2D eigenvalue weighted by atomic mass is 19.4. The van der Waals surface area contributed by atoms with Gasteiger partial charge in [0.25, 0.3) is 0 Å². The Kier molecular flexibility index (Phi) is 3.58. The van der Waals surface area contributed by atoms with Gasteiger partial charge >= 0.3 is 6.18 Å². The van der Waals surface area contributed by atoms with E-state index >= 15 is 0 Å². The zero-order chi connectivity index (χ0) is 16.7. The number of nitrogens with one attached hydrogen (secondary N) is 1. The summed E-state index contributed by atoms with van der Waals surface area (Å²) in [7, 11) is 0. The van der Waals surface area contributed by atoms with Crippen molar-refractivity contribution in [3.05, 3.63) is 65.2 Å². The van der Waals surface area contributed by atoms with Gasteiger partial charge in [-0.15, -0.1) is 0 Å². The number of aromatic nitrogens is 1. The minimum absolute atomic E-state index is 0.286. The van der Waals surface area contributed by atoms with Crippen molar-refractivity contribution >= 4 is 6.34 Å². The molecule has 0 aliphatic carbocycles. The van der Waals surface area contributed by atoms with Crippen LogP contribution in [0.2, 0.25) is 0 Å². The molecule has 0 saturated heterocycles. The van der Waals surface area contributed by atoms with Crippen molar-refractivity contribution in [1.29, 1.82) is 0 Å². The van der Waals surface area contributed by atoms with E-state index in [1.165, 1.54) is 30.7 Å². The van der Waals surface area contributed by atoms with Crippen LogP contribution in [0.3, 0.4) is 0 Å². The molecule has 0 radical (unpaired) electrons. The van der Waals surface area contributed by atoms with Gasteiger partial charge in [-0.2, -0.15) is 13.2 Å². The highest BCUT2D eigenvalue weighted by Gasteiger charge is 2.43. The van der Waals surface area contributed by atoms with E-state index in [-0.39, 0.29) is 11.9 Å². The number of benzene rings is 1. The average Bonchev–Trinajstić information content (AvgIpc) is 2.90. The Morgan fingerprint density at radius 1 is 1.04 bits per heavy atom. The molecule has 0 fully saturated rings. The average molecular weight is 323 g/mol. The molecule has 2 atom stereocenters. The number of pyridine rings is 1. The maximum Gasteiger partial charge on any atom is 0.433 e. The lowest BCUT2D eigenvalue weighted by Gasteiger charge is -2.34. The summed E-state index contributed by atoms with van der Waals surface area (Å²) in [5, 5.41) is 3.09. The van der Waals surface area contributed by atoms with Gasteiger partial charge < -0.3 is 5.32 Å². The van der Waals surface area contributed by atoms with Gasteiger partial charge in [0.15, 0.2) is 0 Å². The van der Waals surface area contributed by atoms with Gasteiger partial charge in [0, 0.05) is 11.8 Å². The van der Waals surface area contributed by atoms with Crippen LogP contribution in [-0.2, 0) is 11.7 Å². The van der Waals surface area contributed by atoms with Crippen molar-refractivity contribution in [2.75, 3.05) is 0 Å². The smallest absolute Gasteiger partial charge is 0.361 e. The number of alkyl halides is 3. The molecule has 23 heavy (non-hydrogen) atoms. The molecule has 0 saturated carbocycles. The number of hydrogen-bond acceptors (Lipinski definition) is 3. The molecule has 1 N–H and O–H groups in total. The number of rotatable bonds is 2. The molecule has 2 aromatic rings. The lowest BCUT2D eigenvalue weighted by molar-refractivity contribution is -0.141. The number of halogens is 4. The van der Waals surface area contributed by atoms with Crippen LogP contribution in [0.15, 0.2) is 47.6 Å². The second kappa shape index (κ2) is 5.33. The summed E-state index contributed by atoms with van der Waals surface area (Å²) >= 11 is 0. The predicted octanol–water partition coefficient (Wildman–Crippen LogP) is 3.50. The Labute approximate surface area is 130 Å². The van der Waals surface area contributed by atoms with Crippen LogP contribution < -0.4 is 5.32 Å². The first-order valence-corrected chi connectivity index (χ1v) is 6.93. The Morgan fingerprint density at radius 2 is 1.70 bits per heavy atom. The fourth-order valence-electron chi connectivity index (χ4n) is 2.81. The molecular formula is C16H13F4N3. The summed E-state index contributed by atoms with van der Waals surface area (Å²) in [4.78, 5) is 7.78. The van der Waals surface area contributed by atoms with E-state index in [9.17, 15) is 17.6 Å². The summed E-state index contributed by atoms with van der Waals surface area (Å²) in [6.45, 7) is 1.83. The largest absolute Gasteiger partial charge is 0.433 e. The van der Waals surface area contributed by atoms with Crippen molar-refractivity contribution in [1.82, 2.24) is 10.3 Å². The van der Waals surface area contributed by atoms with Gasteiger partial charge in [0.05, 0.1) is 12.4 Å². The van der Waals surface area contributed by atoms with Crippen LogP contribution in [0.25, 0.3) is 0 Å². The summed E-state index contributed by atoms with van der Waals surface area (Å²) in [5.74, 6) is -0.388. The van der Waals surface area contributed by atoms with Crippen molar-refractivity contribution < 1.29 is 17.6 Å². The third-order valence-corrected chi connectivity index (χ3v) is 4.03. The maximum absolute atomic E-state index is 13.2. The Hall–Kier alpha value is -2.44. The minimum Gasteiger partial charge on any atom is -0.361 e. The van der Waals surface area contributed by atoms with Gasteiger partial charge in [-0.25, -0.2) is 4.39 Å². The van der Waals surface area contributed by atoms with Gasteiger partial charge in [-0.1, -0.05) is 18.2 Å². The SMILES string of the molecule is C[C@@H]1N=CN[C@]1(c1ccc(F)cc1)c1ccc(C(F)(F)F)nc1. The molecule has 1 aromatic carbocycles. The van der Waals surface area contributed by atoms with Gasteiger partial charge in [-0.3, -0.25) is 9.98 Å². The molecule has 1 aliphatic rings. The van der Waals surface area contributed by atoms with Crippen LogP contribution >= 0.6 is 0 Å². The van der Waals surface area contributed by atoms with E-state index in [0.29, 0.717) is 11.1 Å². The Bertz CT molecular complexity index is 722. The standard InChI is InChI=1S/C16H13F4N3/c1-10-15(23-9-22-10,11-2-5-13(17)6-3-11)12-4-7-14(21-8-12)16(18,19)20/h2-10H,1H3,(H,22,23)/t10-,15+/m0/s1. The van der Waals surface area contributed by atoms with E-state index < -0.39 is 17.4 Å². The second-order valence-corrected chi connectivity index (χ2v) is 5.34. The molecular weight excluding hydrogens is 310 g/mol. The molecule has 3 rings (SSSR count). The summed E-state index contributed by atoms with van der Waals surface area (Å²) < 4.78 is 51.3. The van der Waals surface area contributed by atoms with Crippen LogP contribution in [0.4, 0.5) is 17.6 Å². The first-order chi connectivity index (χ1) is 10.8. The van der Waals surface area contributed by atoms with Gasteiger partial charge in [0.2, 0.25) is 0 Å². The maximum atomic E-state index is 13.2. The molecule has 0 amide bonds. The first-order valence-electron chi connectivity index (χ1n) is 6.93. The molecule has 1 aromatic heterocycles. The van der Waals surface area contributed by atoms with E-state index in [2.05, 4.69) is 15.3 Å². The predicted molar refractivity (Wildman–Crippen MR) is 77.5 cm³/mol. The fourth-order valence-corrected chi connectivity index (χ4v) is 2.81. The lowest BCUT2D eigenvalue weighted by atomic mass is 9.79. The number of hydrogen-bond donors (Lipinski definition) is 1. The molecule has 2 heterocycles. The topological polar surface area (TPSA) is 37.3 Å². The molecule has 120 valence electrons. The summed E-state index contributed by atoms with van der Waals surface area (Å²) in [6.07, 6.45) is -1.80. The van der Waals surface area contributed by atoms with E-state index in [0.717, 1.165) is 6.07 Å². The van der Waals surface area contributed by atoms with Crippen molar-refractivity contribution in [3.63, 3.8) is 0 Å². The minimum atomic E-state index is -4.49. The molecule has 0 unspecified atom stereocenters. The zero-order valence-electron chi connectivity index (χ0n) is 12.1. The summed E-state index contributed by atoms with van der Waals surface area (Å²) in [5.41, 5.74) is -0.597. The number of aliphatic imine (C=N–C) groups is 1. The molecule has 1 aliphatic heterocycles. The zero-order valence-corrected chi connectivity index (χ0v) is 12.1.